The van der Waals surface area contributed by atoms with E-state index in [9.17, 15) is 4.79 Å². The summed E-state index contributed by atoms with van der Waals surface area (Å²) in [7, 11) is 0. The van der Waals surface area contributed by atoms with Crippen molar-refractivity contribution in [1.82, 2.24) is 15.3 Å². The molecule has 1 atom stereocenters. The molecule has 0 unspecified atom stereocenters. The summed E-state index contributed by atoms with van der Waals surface area (Å²) in [6.45, 7) is 5.32. The van der Waals surface area contributed by atoms with E-state index in [0.29, 0.717) is 13.1 Å². The molecule has 3 aromatic rings. The van der Waals surface area contributed by atoms with Gasteiger partial charge in [-0.15, -0.1) is 0 Å². The Morgan fingerprint density at radius 1 is 1.14 bits per heavy atom. The molecule has 0 aliphatic carbocycles. The maximum absolute atomic E-state index is 12.4. The average molecular weight is 384 g/mol. The summed E-state index contributed by atoms with van der Waals surface area (Å²) in [4.78, 5) is 25.8. The van der Waals surface area contributed by atoms with Gasteiger partial charge in [-0.25, -0.2) is 0 Å². The van der Waals surface area contributed by atoms with Gasteiger partial charge in [0.25, 0.3) is 0 Å². The molecule has 1 aliphatic heterocycles. The van der Waals surface area contributed by atoms with Crippen LogP contribution in [0.1, 0.15) is 46.5 Å². The van der Waals surface area contributed by atoms with Crippen LogP contribution in [0.25, 0.3) is 0 Å². The van der Waals surface area contributed by atoms with Gasteiger partial charge < -0.3 is 5.32 Å². The number of rotatable bonds is 6. The van der Waals surface area contributed by atoms with Gasteiger partial charge in [-0.1, -0.05) is 37.3 Å². The minimum absolute atomic E-state index is 0.0101. The first-order valence-electron chi connectivity index (χ1n) is 9.87. The number of nitrogens with one attached hydrogen (secondary N) is 1. The lowest BCUT2D eigenvalue weighted by Crippen LogP contribution is -2.29. The molecular formula is C24H24N4O. The molecule has 146 valence electrons. The van der Waals surface area contributed by atoms with E-state index in [4.69, 9.17) is 0 Å². The van der Waals surface area contributed by atoms with E-state index >= 15 is 0 Å². The van der Waals surface area contributed by atoms with E-state index in [1.54, 1.807) is 6.20 Å². The first-order valence-corrected chi connectivity index (χ1v) is 9.87. The van der Waals surface area contributed by atoms with Crippen molar-refractivity contribution in [2.24, 2.45) is 4.99 Å². The molecule has 29 heavy (non-hydrogen) atoms. The molecular weight excluding hydrogens is 360 g/mol. The van der Waals surface area contributed by atoms with Crippen LogP contribution in [0.4, 0.5) is 0 Å². The zero-order chi connectivity index (χ0) is 20.2. The summed E-state index contributed by atoms with van der Waals surface area (Å²) in [5.41, 5.74) is 7.12. The fourth-order valence-electron chi connectivity index (χ4n) is 3.57. The van der Waals surface area contributed by atoms with Crippen molar-refractivity contribution in [3.8, 4) is 0 Å². The molecule has 0 bridgehead atoms. The number of aromatic nitrogens is 2. The van der Waals surface area contributed by atoms with Crippen molar-refractivity contribution in [1.29, 1.82) is 0 Å². The quantitative estimate of drug-likeness (QED) is 0.706. The van der Waals surface area contributed by atoms with Gasteiger partial charge in [-0.3, -0.25) is 19.8 Å². The standard InChI is InChI=1S/C24H24N4O/c1-16(18-6-4-3-5-7-18)13-27-23(29)12-21-11-20-14-28-24(22(20)15-26-21)19-8-9-25-17(2)10-19/h3-11,15-16H,12-14H2,1-2H3,(H,27,29)/t16-/m0/s1. The highest BCUT2D eigenvalue weighted by Gasteiger charge is 2.19. The first-order chi connectivity index (χ1) is 14.1. The zero-order valence-electron chi connectivity index (χ0n) is 16.7. The van der Waals surface area contributed by atoms with Gasteiger partial charge in [-0.05, 0) is 42.2 Å². The van der Waals surface area contributed by atoms with Gasteiger partial charge in [0.2, 0.25) is 5.91 Å². The summed E-state index contributed by atoms with van der Waals surface area (Å²) in [5.74, 6) is 0.261. The van der Waals surface area contributed by atoms with E-state index in [1.807, 2.05) is 49.5 Å². The Labute approximate surface area is 171 Å². The summed E-state index contributed by atoms with van der Waals surface area (Å²) in [5, 5.41) is 3.02. The third kappa shape index (κ3) is 4.40. The van der Waals surface area contributed by atoms with Crippen molar-refractivity contribution < 1.29 is 4.79 Å². The van der Waals surface area contributed by atoms with Crippen LogP contribution in [-0.4, -0.2) is 28.1 Å². The fourth-order valence-corrected chi connectivity index (χ4v) is 3.57. The molecule has 2 aromatic heterocycles. The van der Waals surface area contributed by atoms with E-state index in [0.717, 1.165) is 33.8 Å². The molecule has 4 rings (SSSR count). The molecule has 0 spiro atoms. The van der Waals surface area contributed by atoms with Crippen molar-refractivity contribution in [2.45, 2.75) is 32.7 Å². The monoisotopic (exact) mass is 384 g/mol. The molecule has 0 fully saturated rings. The number of benzene rings is 1. The Morgan fingerprint density at radius 2 is 1.97 bits per heavy atom. The first kappa shape index (κ1) is 19.0. The molecule has 3 heterocycles. The van der Waals surface area contributed by atoms with Crippen LogP contribution in [0.15, 0.2) is 65.9 Å². The third-order valence-corrected chi connectivity index (χ3v) is 5.19. The largest absolute Gasteiger partial charge is 0.355 e. The highest BCUT2D eigenvalue weighted by atomic mass is 16.1. The highest BCUT2D eigenvalue weighted by Crippen LogP contribution is 2.23. The number of nitrogens with zero attached hydrogens (tertiary/aromatic N) is 3. The van der Waals surface area contributed by atoms with Crippen LogP contribution in [0.5, 0.6) is 0 Å². The van der Waals surface area contributed by atoms with Crippen LogP contribution < -0.4 is 5.32 Å². The van der Waals surface area contributed by atoms with E-state index in [2.05, 4.69) is 39.3 Å². The van der Waals surface area contributed by atoms with Gasteiger partial charge in [0.15, 0.2) is 0 Å². The predicted molar refractivity (Wildman–Crippen MR) is 114 cm³/mol. The third-order valence-electron chi connectivity index (χ3n) is 5.19. The highest BCUT2D eigenvalue weighted by molar-refractivity contribution is 6.15. The number of pyridine rings is 2. The van der Waals surface area contributed by atoms with Crippen LogP contribution in [-0.2, 0) is 17.8 Å². The fraction of sp³-hybridized carbons (Fsp3) is 0.250. The zero-order valence-corrected chi connectivity index (χ0v) is 16.7. The van der Waals surface area contributed by atoms with Crippen molar-refractivity contribution in [3.63, 3.8) is 0 Å². The molecule has 0 saturated carbocycles. The van der Waals surface area contributed by atoms with Gasteiger partial charge in [0.1, 0.15) is 0 Å². The Bertz CT molecular complexity index is 1060. The lowest BCUT2D eigenvalue weighted by atomic mass is 10.0. The van der Waals surface area contributed by atoms with Gasteiger partial charge in [-0.2, -0.15) is 0 Å². The summed E-state index contributed by atoms with van der Waals surface area (Å²) < 4.78 is 0. The van der Waals surface area contributed by atoms with Crippen molar-refractivity contribution >= 4 is 11.6 Å². The molecule has 5 heteroatoms. The maximum atomic E-state index is 12.4. The molecule has 5 nitrogen and oxygen atoms in total. The van der Waals surface area contributed by atoms with Crippen molar-refractivity contribution in [2.75, 3.05) is 6.54 Å². The normalized spacial score (nSPS) is 13.5. The number of hydrogen-bond donors (Lipinski definition) is 1. The summed E-state index contributed by atoms with van der Waals surface area (Å²) >= 11 is 0. The van der Waals surface area contributed by atoms with Crippen LogP contribution in [0, 0.1) is 6.92 Å². The Balaban J connectivity index is 1.38. The van der Waals surface area contributed by atoms with Crippen LogP contribution in [0.2, 0.25) is 0 Å². The number of fused-ring (bicyclic) bond motifs is 1. The van der Waals surface area contributed by atoms with Gasteiger partial charge >= 0.3 is 0 Å². The number of hydrogen-bond acceptors (Lipinski definition) is 4. The number of carbonyl (C=O) groups is 1. The number of aryl methyl sites for hydroxylation is 1. The second-order valence-electron chi connectivity index (χ2n) is 7.48. The Hall–Kier alpha value is -3.34. The molecule has 1 aliphatic rings. The summed E-state index contributed by atoms with van der Waals surface area (Å²) in [6.07, 6.45) is 3.92. The lowest BCUT2D eigenvalue weighted by Gasteiger charge is -2.13. The number of aliphatic imine (C=N–C) groups is 1. The van der Waals surface area contributed by atoms with E-state index < -0.39 is 0 Å². The second kappa shape index (κ2) is 8.35. The number of carbonyl (C=O) groups excluding carboxylic acids is 1. The Kier molecular flexibility index (Phi) is 5.47. The molecule has 0 radical (unpaired) electrons. The molecule has 1 amide bonds. The van der Waals surface area contributed by atoms with E-state index in [-0.39, 0.29) is 18.2 Å². The average Bonchev–Trinajstić information content (AvgIpc) is 3.16. The minimum Gasteiger partial charge on any atom is -0.355 e. The molecule has 0 saturated heterocycles. The maximum Gasteiger partial charge on any atom is 0.226 e. The predicted octanol–water partition coefficient (Wildman–Crippen LogP) is 3.60. The van der Waals surface area contributed by atoms with Crippen LogP contribution in [0.3, 0.4) is 0 Å². The minimum atomic E-state index is -0.0101. The van der Waals surface area contributed by atoms with E-state index in [1.165, 1.54) is 5.56 Å². The SMILES string of the molecule is Cc1cc(C2=NCc3cc(CC(=O)NC[C@H](C)c4ccccc4)ncc32)ccn1. The van der Waals surface area contributed by atoms with Gasteiger partial charge in [0, 0.05) is 35.8 Å². The molecule has 1 aromatic carbocycles. The molecule has 1 N–H and O–H groups in total. The van der Waals surface area contributed by atoms with Crippen molar-refractivity contribution in [3.05, 3.63) is 94.6 Å². The second-order valence-corrected chi connectivity index (χ2v) is 7.48. The Morgan fingerprint density at radius 3 is 2.76 bits per heavy atom. The summed E-state index contributed by atoms with van der Waals surface area (Å²) in [6, 6.07) is 16.2. The smallest absolute Gasteiger partial charge is 0.226 e. The van der Waals surface area contributed by atoms with Gasteiger partial charge in [0.05, 0.1) is 24.4 Å². The lowest BCUT2D eigenvalue weighted by molar-refractivity contribution is -0.120. The van der Waals surface area contributed by atoms with Crippen LogP contribution >= 0.6 is 0 Å². The number of amides is 1. The topological polar surface area (TPSA) is 67.2 Å².